The van der Waals surface area contributed by atoms with Gasteiger partial charge in [0.25, 0.3) is 0 Å². The molecule has 2 atom stereocenters. The van der Waals surface area contributed by atoms with E-state index in [1.54, 1.807) is 6.20 Å². The third-order valence-corrected chi connectivity index (χ3v) is 3.59. The highest BCUT2D eigenvalue weighted by atomic mass is 32.2. The van der Waals surface area contributed by atoms with Crippen LogP contribution in [0.1, 0.15) is 31.0 Å². The normalized spacial score (nSPS) is 24.0. The number of rotatable bonds is 3. The Morgan fingerprint density at radius 2 is 2.57 bits per heavy atom. The van der Waals surface area contributed by atoms with Crippen LogP contribution in [0.25, 0.3) is 0 Å². The number of hydrogen-bond donors (Lipinski definition) is 1. The number of thioether (sulfide) groups is 1. The van der Waals surface area contributed by atoms with Crippen LogP contribution in [0.15, 0.2) is 10.6 Å². The van der Waals surface area contributed by atoms with Gasteiger partial charge in [-0.2, -0.15) is 11.8 Å². The molecular weight excluding hydrogens is 196 g/mol. The molecule has 1 aliphatic rings. The van der Waals surface area contributed by atoms with Crippen molar-refractivity contribution in [1.82, 2.24) is 10.3 Å². The fourth-order valence-corrected chi connectivity index (χ4v) is 2.83. The van der Waals surface area contributed by atoms with Crippen LogP contribution in [0.4, 0.5) is 0 Å². The lowest BCUT2D eigenvalue weighted by Crippen LogP contribution is -2.31. The van der Waals surface area contributed by atoms with Crippen molar-refractivity contribution in [3.8, 4) is 0 Å². The standard InChI is InChI=1S/C10H16N2OS/c1-7-5-11-10(13-7)8(2)12-9-3-4-14-6-9/h5,8-9,12H,3-4,6H2,1-2H3. The summed E-state index contributed by atoms with van der Waals surface area (Å²) in [6.45, 7) is 4.03. The molecule has 0 bridgehead atoms. The highest BCUT2D eigenvalue weighted by Gasteiger charge is 2.20. The van der Waals surface area contributed by atoms with Crippen molar-refractivity contribution in [3.63, 3.8) is 0 Å². The van der Waals surface area contributed by atoms with E-state index in [0.717, 1.165) is 11.7 Å². The zero-order valence-corrected chi connectivity index (χ0v) is 9.43. The molecule has 1 aromatic heterocycles. The Morgan fingerprint density at radius 3 is 3.14 bits per heavy atom. The van der Waals surface area contributed by atoms with Gasteiger partial charge in [0, 0.05) is 11.8 Å². The Hall–Kier alpha value is -0.480. The molecule has 0 aliphatic carbocycles. The SMILES string of the molecule is Cc1cnc(C(C)NC2CCSC2)o1. The topological polar surface area (TPSA) is 38.1 Å². The summed E-state index contributed by atoms with van der Waals surface area (Å²) in [6, 6.07) is 0.856. The predicted octanol–water partition coefficient (Wildman–Crippen LogP) is 2.14. The molecule has 0 saturated carbocycles. The van der Waals surface area contributed by atoms with E-state index in [1.807, 2.05) is 18.7 Å². The lowest BCUT2D eigenvalue weighted by molar-refractivity contribution is 0.379. The van der Waals surface area contributed by atoms with Gasteiger partial charge in [-0.1, -0.05) is 0 Å². The van der Waals surface area contributed by atoms with Gasteiger partial charge in [0.1, 0.15) is 5.76 Å². The molecular formula is C10H16N2OS. The van der Waals surface area contributed by atoms with E-state index >= 15 is 0 Å². The molecule has 0 aromatic carbocycles. The number of oxazole rings is 1. The van der Waals surface area contributed by atoms with Crippen molar-refractivity contribution >= 4 is 11.8 Å². The molecule has 2 rings (SSSR count). The summed E-state index contributed by atoms with van der Waals surface area (Å²) in [5, 5.41) is 3.53. The van der Waals surface area contributed by atoms with Crippen LogP contribution in [-0.4, -0.2) is 22.5 Å². The van der Waals surface area contributed by atoms with Crippen molar-refractivity contribution in [1.29, 1.82) is 0 Å². The summed E-state index contributed by atoms with van der Waals surface area (Å²) in [6.07, 6.45) is 3.03. The molecule has 14 heavy (non-hydrogen) atoms. The van der Waals surface area contributed by atoms with Gasteiger partial charge in [-0.25, -0.2) is 4.98 Å². The zero-order chi connectivity index (χ0) is 9.97. The van der Waals surface area contributed by atoms with Gasteiger partial charge in [0.2, 0.25) is 5.89 Å². The molecule has 1 fully saturated rings. The molecule has 0 amide bonds. The van der Waals surface area contributed by atoms with Crippen molar-refractivity contribution in [2.75, 3.05) is 11.5 Å². The molecule has 1 saturated heterocycles. The first-order chi connectivity index (χ1) is 6.75. The third-order valence-electron chi connectivity index (χ3n) is 2.42. The number of aromatic nitrogens is 1. The Morgan fingerprint density at radius 1 is 1.71 bits per heavy atom. The zero-order valence-electron chi connectivity index (χ0n) is 8.62. The first-order valence-electron chi connectivity index (χ1n) is 5.02. The van der Waals surface area contributed by atoms with E-state index in [0.29, 0.717) is 6.04 Å². The molecule has 1 N–H and O–H groups in total. The second kappa shape index (κ2) is 4.36. The van der Waals surface area contributed by atoms with E-state index in [1.165, 1.54) is 17.9 Å². The van der Waals surface area contributed by atoms with Gasteiger partial charge >= 0.3 is 0 Å². The summed E-state index contributed by atoms with van der Waals surface area (Å²) in [5.74, 6) is 4.17. The first kappa shape index (κ1) is 10.1. The van der Waals surface area contributed by atoms with Crippen LogP contribution in [0, 0.1) is 6.92 Å². The molecule has 1 aromatic rings. The van der Waals surface area contributed by atoms with Crippen LogP contribution < -0.4 is 5.32 Å². The molecule has 78 valence electrons. The quantitative estimate of drug-likeness (QED) is 0.833. The Kier molecular flexibility index (Phi) is 3.13. The Labute approximate surface area is 88.7 Å². The summed E-state index contributed by atoms with van der Waals surface area (Å²) in [4.78, 5) is 4.22. The average Bonchev–Trinajstić information content (AvgIpc) is 2.75. The van der Waals surface area contributed by atoms with Gasteiger partial charge in [-0.3, -0.25) is 0 Å². The third kappa shape index (κ3) is 2.30. The number of nitrogens with zero attached hydrogens (tertiary/aromatic N) is 1. The van der Waals surface area contributed by atoms with Crippen LogP contribution in [0.2, 0.25) is 0 Å². The van der Waals surface area contributed by atoms with Crippen LogP contribution in [-0.2, 0) is 0 Å². The summed E-state index contributed by atoms with van der Waals surface area (Å²) in [5.41, 5.74) is 0. The lowest BCUT2D eigenvalue weighted by atomic mass is 10.2. The second-order valence-electron chi connectivity index (χ2n) is 3.76. The predicted molar refractivity (Wildman–Crippen MR) is 58.5 cm³/mol. The Balaban J connectivity index is 1.91. The van der Waals surface area contributed by atoms with E-state index in [2.05, 4.69) is 17.2 Å². The molecule has 2 heterocycles. The molecule has 3 nitrogen and oxygen atoms in total. The minimum absolute atomic E-state index is 0.229. The molecule has 1 aliphatic heterocycles. The lowest BCUT2D eigenvalue weighted by Gasteiger charge is -2.15. The first-order valence-corrected chi connectivity index (χ1v) is 6.17. The monoisotopic (exact) mass is 212 g/mol. The van der Waals surface area contributed by atoms with Gasteiger partial charge < -0.3 is 9.73 Å². The fourth-order valence-electron chi connectivity index (χ4n) is 1.66. The number of hydrogen-bond acceptors (Lipinski definition) is 4. The minimum Gasteiger partial charge on any atom is -0.444 e. The molecule has 2 unspecified atom stereocenters. The van der Waals surface area contributed by atoms with Gasteiger partial charge in [0.05, 0.1) is 12.2 Å². The van der Waals surface area contributed by atoms with Crippen molar-refractivity contribution in [3.05, 3.63) is 17.8 Å². The van der Waals surface area contributed by atoms with E-state index in [4.69, 9.17) is 4.42 Å². The average molecular weight is 212 g/mol. The summed E-state index contributed by atoms with van der Waals surface area (Å²) in [7, 11) is 0. The maximum atomic E-state index is 5.48. The molecule has 4 heteroatoms. The van der Waals surface area contributed by atoms with Crippen LogP contribution >= 0.6 is 11.8 Å². The number of aryl methyl sites for hydroxylation is 1. The van der Waals surface area contributed by atoms with Crippen molar-refractivity contribution < 1.29 is 4.42 Å². The van der Waals surface area contributed by atoms with Crippen LogP contribution in [0.3, 0.4) is 0 Å². The van der Waals surface area contributed by atoms with E-state index in [-0.39, 0.29) is 6.04 Å². The fraction of sp³-hybridized carbons (Fsp3) is 0.700. The summed E-state index contributed by atoms with van der Waals surface area (Å²) >= 11 is 2.01. The van der Waals surface area contributed by atoms with Crippen LogP contribution in [0.5, 0.6) is 0 Å². The highest BCUT2D eigenvalue weighted by molar-refractivity contribution is 7.99. The smallest absolute Gasteiger partial charge is 0.211 e. The van der Waals surface area contributed by atoms with E-state index < -0.39 is 0 Å². The molecule has 0 radical (unpaired) electrons. The van der Waals surface area contributed by atoms with E-state index in [9.17, 15) is 0 Å². The maximum Gasteiger partial charge on any atom is 0.211 e. The van der Waals surface area contributed by atoms with Crippen molar-refractivity contribution in [2.24, 2.45) is 0 Å². The molecule has 0 spiro atoms. The Bertz CT molecular complexity index is 294. The maximum absolute atomic E-state index is 5.48. The van der Waals surface area contributed by atoms with Gasteiger partial charge in [0.15, 0.2) is 0 Å². The van der Waals surface area contributed by atoms with Crippen molar-refractivity contribution in [2.45, 2.75) is 32.4 Å². The largest absolute Gasteiger partial charge is 0.444 e. The highest BCUT2D eigenvalue weighted by Crippen LogP contribution is 2.20. The van der Waals surface area contributed by atoms with Gasteiger partial charge in [-0.05, 0) is 26.0 Å². The summed E-state index contributed by atoms with van der Waals surface area (Å²) < 4.78 is 5.48. The minimum atomic E-state index is 0.229. The number of nitrogens with one attached hydrogen (secondary N) is 1. The van der Waals surface area contributed by atoms with Gasteiger partial charge in [-0.15, -0.1) is 0 Å². The second-order valence-corrected chi connectivity index (χ2v) is 4.91.